The molecule has 0 amide bonds. The standard InChI is InChI=1S/C15H14F2N2O4/c1-23-9-6-12(17)15(19(21)22)13(7-9)18-8-14(20)10-4-2-3-5-11(10)16/h2-7,14,18,20H,8H2,1H3. The molecule has 2 aromatic carbocycles. The van der Waals surface area contributed by atoms with E-state index in [9.17, 15) is 24.0 Å². The van der Waals surface area contributed by atoms with E-state index in [-0.39, 0.29) is 23.5 Å². The van der Waals surface area contributed by atoms with Gasteiger partial charge in [0, 0.05) is 24.2 Å². The maximum atomic E-state index is 13.8. The topological polar surface area (TPSA) is 84.6 Å². The fourth-order valence-electron chi connectivity index (χ4n) is 2.07. The van der Waals surface area contributed by atoms with Crippen LogP contribution in [0.3, 0.4) is 0 Å². The van der Waals surface area contributed by atoms with E-state index in [0.717, 1.165) is 6.07 Å². The number of ether oxygens (including phenoxy) is 1. The van der Waals surface area contributed by atoms with Gasteiger partial charge in [-0.1, -0.05) is 18.2 Å². The van der Waals surface area contributed by atoms with Crippen LogP contribution in [0.5, 0.6) is 5.75 Å². The molecule has 0 aliphatic rings. The molecule has 0 aromatic heterocycles. The number of nitro benzene ring substituents is 1. The van der Waals surface area contributed by atoms with E-state index in [4.69, 9.17) is 4.74 Å². The van der Waals surface area contributed by atoms with E-state index in [1.807, 2.05) is 0 Å². The number of halogens is 2. The predicted molar refractivity (Wildman–Crippen MR) is 79.5 cm³/mol. The summed E-state index contributed by atoms with van der Waals surface area (Å²) >= 11 is 0. The number of nitrogens with one attached hydrogen (secondary N) is 1. The van der Waals surface area contributed by atoms with Crippen molar-refractivity contribution in [2.75, 3.05) is 19.0 Å². The van der Waals surface area contributed by atoms with Crippen molar-refractivity contribution in [2.24, 2.45) is 0 Å². The van der Waals surface area contributed by atoms with Gasteiger partial charge in [0.05, 0.1) is 18.1 Å². The first-order valence-electron chi connectivity index (χ1n) is 6.62. The Hall–Kier alpha value is -2.74. The van der Waals surface area contributed by atoms with Gasteiger partial charge >= 0.3 is 5.69 Å². The number of aliphatic hydroxyl groups is 1. The first-order chi connectivity index (χ1) is 10.9. The SMILES string of the molecule is COc1cc(F)c([N+](=O)[O-])c(NCC(O)c2ccccc2F)c1. The lowest BCUT2D eigenvalue weighted by molar-refractivity contribution is -0.386. The monoisotopic (exact) mass is 324 g/mol. The van der Waals surface area contributed by atoms with Crippen molar-refractivity contribution in [1.29, 1.82) is 0 Å². The third-order valence-electron chi connectivity index (χ3n) is 3.21. The summed E-state index contributed by atoms with van der Waals surface area (Å²) in [6, 6.07) is 7.72. The molecule has 1 atom stereocenters. The highest BCUT2D eigenvalue weighted by Gasteiger charge is 2.23. The first kappa shape index (κ1) is 16.6. The second-order valence-corrected chi connectivity index (χ2v) is 4.68. The summed E-state index contributed by atoms with van der Waals surface area (Å²) in [5.41, 5.74) is -0.903. The molecule has 0 bridgehead atoms. The minimum Gasteiger partial charge on any atom is -0.497 e. The number of nitrogens with zero attached hydrogens (tertiary/aromatic N) is 1. The van der Waals surface area contributed by atoms with E-state index >= 15 is 0 Å². The molecular formula is C15H14F2N2O4. The molecule has 2 rings (SSSR count). The summed E-state index contributed by atoms with van der Waals surface area (Å²) in [6.45, 7) is -0.242. The Morgan fingerprint density at radius 1 is 1.30 bits per heavy atom. The van der Waals surface area contributed by atoms with Gasteiger partial charge in [0.25, 0.3) is 0 Å². The number of benzene rings is 2. The molecule has 23 heavy (non-hydrogen) atoms. The molecule has 0 aliphatic heterocycles. The lowest BCUT2D eigenvalue weighted by Gasteiger charge is -2.14. The smallest absolute Gasteiger partial charge is 0.327 e. The molecule has 8 heteroatoms. The number of anilines is 1. The Kier molecular flexibility index (Phi) is 5.07. The average Bonchev–Trinajstić information content (AvgIpc) is 2.51. The highest BCUT2D eigenvalue weighted by atomic mass is 19.1. The zero-order valence-corrected chi connectivity index (χ0v) is 12.1. The molecule has 0 heterocycles. The van der Waals surface area contributed by atoms with Gasteiger partial charge in [-0.25, -0.2) is 4.39 Å². The van der Waals surface area contributed by atoms with Gasteiger partial charge in [-0.2, -0.15) is 4.39 Å². The summed E-state index contributed by atoms with van der Waals surface area (Å²) in [5, 5.41) is 23.5. The normalized spacial score (nSPS) is 11.8. The Morgan fingerprint density at radius 2 is 2.00 bits per heavy atom. The molecule has 1 unspecified atom stereocenters. The van der Waals surface area contributed by atoms with Crippen molar-refractivity contribution in [2.45, 2.75) is 6.10 Å². The number of hydrogen-bond donors (Lipinski definition) is 2. The van der Waals surface area contributed by atoms with Crippen molar-refractivity contribution in [3.05, 3.63) is 63.7 Å². The van der Waals surface area contributed by atoms with Crippen LogP contribution < -0.4 is 10.1 Å². The molecule has 0 saturated carbocycles. The minimum absolute atomic E-state index is 0.0334. The summed E-state index contributed by atoms with van der Waals surface area (Å²) < 4.78 is 32.2. The third kappa shape index (κ3) is 3.72. The quantitative estimate of drug-likeness (QED) is 0.630. The second-order valence-electron chi connectivity index (χ2n) is 4.68. The average molecular weight is 324 g/mol. The first-order valence-corrected chi connectivity index (χ1v) is 6.62. The third-order valence-corrected chi connectivity index (χ3v) is 3.21. The van der Waals surface area contributed by atoms with Crippen LogP contribution in [0.1, 0.15) is 11.7 Å². The fraction of sp³-hybridized carbons (Fsp3) is 0.200. The van der Waals surface area contributed by atoms with E-state index in [2.05, 4.69) is 5.32 Å². The highest BCUT2D eigenvalue weighted by molar-refractivity contribution is 5.65. The Bertz CT molecular complexity index is 725. The maximum absolute atomic E-state index is 13.8. The van der Waals surface area contributed by atoms with Crippen LogP contribution in [0.15, 0.2) is 36.4 Å². The lowest BCUT2D eigenvalue weighted by atomic mass is 10.1. The number of nitro groups is 1. The van der Waals surface area contributed by atoms with E-state index in [1.54, 1.807) is 6.07 Å². The van der Waals surface area contributed by atoms with Crippen LogP contribution in [0, 0.1) is 21.7 Å². The van der Waals surface area contributed by atoms with E-state index < -0.39 is 28.3 Å². The van der Waals surface area contributed by atoms with Gasteiger partial charge in [-0.15, -0.1) is 0 Å². The van der Waals surface area contributed by atoms with Gasteiger partial charge in [0.15, 0.2) is 0 Å². The molecule has 0 spiro atoms. The van der Waals surface area contributed by atoms with Crippen LogP contribution in [-0.4, -0.2) is 23.7 Å². The number of aliphatic hydroxyl groups excluding tert-OH is 1. The zero-order valence-electron chi connectivity index (χ0n) is 12.1. The van der Waals surface area contributed by atoms with Crippen LogP contribution >= 0.6 is 0 Å². The molecule has 122 valence electrons. The van der Waals surface area contributed by atoms with E-state index in [0.29, 0.717) is 0 Å². The van der Waals surface area contributed by atoms with Crippen molar-refractivity contribution < 1.29 is 23.5 Å². The van der Waals surface area contributed by atoms with Crippen molar-refractivity contribution in [3.8, 4) is 5.75 Å². The summed E-state index contributed by atoms with van der Waals surface area (Å²) in [6.07, 6.45) is -1.26. The van der Waals surface area contributed by atoms with Crippen molar-refractivity contribution >= 4 is 11.4 Å². The molecule has 0 fully saturated rings. The molecule has 2 aromatic rings. The van der Waals surface area contributed by atoms with Crippen LogP contribution in [0.4, 0.5) is 20.2 Å². The van der Waals surface area contributed by atoms with Crippen LogP contribution in [0.25, 0.3) is 0 Å². The lowest BCUT2D eigenvalue weighted by Crippen LogP contribution is -2.14. The Morgan fingerprint density at radius 3 is 2.61 bits per heavy atom. The molecule has 2 N–H and O–H groups in total. The molecule has 0 aliphatic carbocycles. The minimum atomic E-state index is -1.26. The highest BCUT2D eigenvalue weighted by Crippen LogP contribution is 2.32. The van der Waals surface area contributed by atoms with Gasteiger partial charge in [-0.3, -0.25) is 10.1 Å². The molecular weight excluding hydrogens is 310 g/mol. The Balaban J connectivity index is 2.24. The van der Waals surface area contributed by atoms with Gasteiger partial charge < -0.3 is 15.2 Å². The number of rotatable bonds is 6. The summed E-state index contributed by atoms with van der Waals surface area (Å²) in [5.74, 6) is -1.60. The predicted octanol–water partition coefficient (Wildman–Crippen LogP) is 3.03. The molecule has 0 saturated heterocycles. The van der Waals surface area contributed by atoms with Gasteiger partial charge in [0.1, 0.15) is 17.3 Å². The van der Waals surface area contributed by atoms with Gasteiger partial charge in [-0.05, 0) is 6.07 Å². The van der Waals surface area contributed by atoms with Crippen LogP contribution in [-0.2, 0) is 0 Å². The number of methoxy groups -OCH3 is 1. The largest absolute Gasteiger partial charge is 0.497 e. The summed E-state index contributed by atoms with van der Waals surface area (Å²) in [4.78, 5) is 10.1. The van der Waals surface area contributed by atoms with Gasteiger partial charge in [0.2, 0.25) is 5.82 Å². The Labute approximate surface area is 130 Å². The fourth-order valence-corrected chi connectivity index (χ4v) is 2.07. The number of hydrogen-bond acceptors (Lipinski definition) is 5. The van der Waals surface area contributed by atoms with Crippen molar-refractivity contribution in [1.82, 2.24) is 0 Å². The van der Waals surface area contributed by atoms with E-state index in [1.165, 1.54) is 31.4 Å². The molecule has 0 radical (unpaired) electrons. The zero-order chi connectivity index (χ0) is 17.0. The second kappa shape index (κ2) is 7.01. The molecule has 6 nitrogen and oxygen atoms in total. The van der Waals surface area contributed by atoms with Crippen LogP contribution in [0.2, 0.25) is 0 Å². The summed E-state index contributed by atoms with van der Waals surface area (Å²) in [7, 11) is 1.29. The maximum Gasteiger partial charge on any atom is 0.327 e. The van der Waals surface area contributed by atoms with Crippen molar-refractivity contribution in [3.63, 3.8) is 0 Å².